The second-order valence-corrected chi connectivity index (χ2v) is 7.04. The molecule has 1 nitrogen and oxygen atoms in total. The average molecular weight is 334 g/mol. The predicted octanol–water partition coefficient (Wildman–Crippen LogP) is 4.35. The van der Waals surface area contributed by atoms with Crippen LogP contribution >= 0.6 is 0 Å². The summed E-state index contributed by atoms with van der Waals surface area (Å²) in [6, 6.07) is 6.59. The highest BCUT2D eigenvalue weighted by atomic mass is 14.6. The fourth-order valence-corrected chi connectivity index (χ4v) is 3.64. The maximum atomic E-state index is 6.35. The topological polar surface area (TPSA) is 26.0 Å². The molecule has 0 radical (unpaired) electrons. The molecule has 0 saturated carbocycles. The lowest BCUT2D eigenvalue weighted by Gasteiger charge is -2.27. The summed E-state index contributed by atoms with van der Waals surface area (Å²) in [7, 11) is 0. The van der Waals surface area contributed by atoms with Gasteiger partial charge in [-0.15, -0.1) is 0 Å². The van der Waals surface area contributed by atoms with E-state index in [9.17, 15) is 0 Å². The standard InChI is InChI=1S/C24H31N/c1-6-8-10-21-11-9-12-22(19(21)5)17(3)15-18(4)23-16-20(7-2)13-14-24(23)25/h6-13,16-18,24H,2,5,14-15,25H2,1,3-4H3/b8-6-,21-10-. The van der Waals surface area contributed by atoms with E-state index in [0.717, 1.165) is 18.1 Å². The van der Waals surface area contributed by atoms with Crippen LogP contribution < -0.4 is 16.2 Å². The highest BCUT2D eigenvalue weighted by Gasteiger charge is 2.21. The minimum atomic E-state index is 0.125. The van der Waals surface area contributed by atoms with Crippen LogP contribution in [0.5, 0.6) is 0 Å². The van der Waals surface area contributed by atoms with Gasteiger partial charge in [0.25, 0.3) is 0 Å². The van der Waals surface area contributed by atoms with Gasteiger partial charge >= 0.3 is 0 Å². The summed E-state index contributed by atoms with van der Waals surface area (Å²) >= 11 is 0. The zero-order valence-corrected chi connectivity index (χ0v) is 15.8. The molecule has 1 aromatic carbocycles. The van der Waals surface area contributed by atoms with Crippen LogP contribution in [0.25, 0.3) is 12.7 Å². The number of benzene rings is 1. The van der Waals surface area contributed by atoms with Gasteiger partial charge in [0.05, 0.1) is 0 Å². The van der Waals surface area contributed by atoms with Gasteiger partial charge in [-0.3, -0.25) is 0 Å². The third-order valence-electron chi connectivity index (χ3n) is 5.13. The van der Waals surface area contributed by atoms with Crippen LogP contribution in [0.2, 0.25) is 0 Å². The van der Waals surface area contributed by atoms with Crippen molar-refractivity contribution in [2.24, 2.45) is 11.7 Å². The van der Waals surface area contributed by atoms with Crippen molar-refractivity contribution < 1.29 is 0 Å². The first-order chi connectivity index (χ1) is 12.0. The summed E-state index contributed by atoms with van der Waals surface area (Å²) in [6.45, 7) is 14.8. The summed E-state index contributed by atoms with van der Waals surface area (Å²) in [4.78, 5) is 0. The Kier molecular flexibility index (Phi) is 6.78. The second-order valence-electron chi connectivity index (χ2n) is 7.04. The van der Waals surface area contributed by atoms with Crippen molar-refractivity contribution in [3.05, 3.63) is 82.3 Å². The Morgan fingerprint density at radius 1 is 1.28 bits per heavy atom. The van der Waals surface area contributed by atoms with Crippen LogP contribution in [-0.4, -0.2) is 6.04 Å². The largest absolute Gasteiger partial charge is 0.324 e. The normalized spacial score (nSPS) is 21.0. The zero-order chi connectivity index (χ0) is 18.4. The van der Waals surface area contributed by atoms with Crippen LogP contribution in [-0.2, 0) is 0 Å². The van der Waals surface area contributed by atoms with Crippen LogP contribution in [0.3, 0.4) is 0 Å². The van der Waals surface area contributed by atoms with Crippen molar-refractivity contribution in [1.29, 1.82) is 0 Å². The fraction of sp³-hybridized carbons (Fsp3) is 0.333. The molecule has 0 spiro atoms. The first-order valence-corrected chi connectivity index (χ1v) is 9.18. The quantitative estimate of drug-likeness (QED) is 0.823. The molecule has 1 aliphatic rings. The highest BCUT2D eigenvalue weighted by molar-refractivity contribution is 5.41. The van der Waals surface area contributed by atoms with E-state index in [4.69, 9.17) is 5.73 Å². The van der Waals surface area contributed by atoms with E-state index >= 15 is 0 Å². The molecule has 3 atom stereocenters. The molecule has 1 aliphatic carbocycles. The Morgan fingerprint density at radius 3 is 2.72 bits per heavy atom. The lowest BCUT2D eigenvalue weighted by Crippen LogP contribution is -2.30. The van der Waals surface area contributed by atoms with Gasteiger partial charge in [0.1, 0.15) is 0 Å². The van der Waals surface area contributed by atoms with Gasteiger partial charge in [-0.2, -0.15) is 0 Å². The second kappa shape index (κ2) is 8.82. The Morgan fingerprint density at radius 2 is 2.04 bits per heavy atom. The fourth-order valence-electron chi connectivity index (χ4n) is 3.64. The monoisotopic (exact) mass is 333 g/mol. The molecule has 0 aliphatic heterocycles. The summed E-state index contributed by atoms with van der Waals surface area (Å²) in [5.74, 6) is 0.879. The van der Waals surface area contributed by atoms with Crippen LogP contribution in [0.1, 0.15) is 45.1 Å². The Labute approximate surface area is 152 Å². The number of hydrogen-bond donors (Lipinski definition) is 1. The third-order valence-corrected chi connectivity index (χ3v) is 5.13. The molecule has 0 heterocycles. The number of hydrogen-bond acceptors (Lipinski definition) is 1. The van der Waals surface area contributed by atoms with Crippen molar-refractivity contribution in [1.82, 2.24) is 0 Å². The summed E-state index contributed by atoms with van der Waals surface area (Å²) in [5, 5.41) is 2.33. The van der Waals surface area contributed by atoms with Crippen LogP contribution in [0.15, 0.2) is 66.3 Å². The first kappa shape index (κ1) is 19.2. The molecular formula is C24H31N. The van der Waals surface area contributed by atoms with E-state index in [0.29, 0.717) is 11.8 Å². The maximum Gasteiger partial charge on any atom is 0.0294 e. The highest BCUT2D eigenvalue weighted by Crippen LogP contribution is 2.30. The van der Waals surface area contributed by atoms with Crippen molar-refractivity contribution in [2.45, 2.75) is 45.6 Å². The molecule has 0 amide bonds. The van der Waals surface area contributed by atoms with Crippen LogP contribution in [0.4, 0.5) is 0 Å². The van der Waals surface area contributed by atoms with Crippen molar-refractivity contribution >= 4 is 12.7 Å². The summed E-state index contributed by atoms with van der Waals surface area (Å²) in [5.41, 5.74) is 10.2. The molecule has 3 unspecified atom stereocenters. The summed E-state index contributed by atoms with van der Waals surface area (Å²) in [6.07, 6.45) is 14.5. The molecular weight excluding hydrogens is 302 g/mol. The first-order valence-electron chi connectivity index (χ1n) is 9.18. The van der Waals surface area contributed by atoms with Gasteiger partial charge < -0.3 is 5.73 Å². The molecule has 0 fully saturated rings. The minimum Gasteiger partial charge on any atom is -0.324 e. The molecule has 2 rings (SSSR count). The molecule has 0 saturated heterocycles. The third kappa shape index (κ3) is 4.70. The molecule has 2 N–H and O–H groups in total. The molecule has 25 heavy (non-hydrogen) atoms. The van der Waals surface area contributed by atoms with Crippen molar-refractivity contribution in [3.8, 4) is 0 Å². The number of rotatable bonds is 6. The molecule has 0 aromatic heterocycles. The lowest BCUT2D eigenvalue weighted by molar-refractivity contribution is 0.507. The molecule has 1 heteroatoms. The van der Waals surface area contributed by atoms with Gasteiger partial charge in [0.2, 0.25) is 0 Å². The molecule has 132 valence electrons. The summed E-state index contributed by atoms with van der Waals surface area (Å²) < 4.78 is 0. The predicted molar refractivity (Wildman–Crippen MR) is 112 cm³/mol. The van der Waals surface area contributed by atoms with E-state index in [1.807, 2.05) is 19.1 Å². The van der Waals surface area contributed by atoms with E-state index < -0.39 is 0 Å². The molecule has 1 aromatic rings. The lowest BCUT2D eigenvalue weighted by atomic mass is 9.80. The van der Waals surface area contributed by atoms with Gasteiger partial charge in [-0.25, -0.2) is 0 Å². The Balaban J connectivity index is 2.24. The zero-order valence-electron chi connectivity index (χ0n) is 15.8. The van der Waals surface area contributed by atoms with Gasteiger partial charge in [-0.1, -0.05) is 81.7 Å². The van der Waals surface area contributed by atoms with Crippen LogP contribution in [0, 0.1) is 5.92 Å². The van der Waals surface area contributed by atoms with E-state index in [2.05, 4.69) is 69.5 Å². The Bertz CT molecular complexity index is 807. The SMILES string of the molecule is C=CC1=CCC(N)C(C(C)CC(C)c2ccc/c(=C/C=C\C)c2=C)=C1. The average Bonchev–Trinajstić information content (AvgIpc) is 2.61. The van der Waals surface area contributed by atoms with Gasteiger partial charge in [0, 0.05) is 6.04 Å². The van der Waals surface area contributed by atoms with Gasteiger partial charge in [-0.05, 0) is 58.7 Å². The molecule has 0 bridgehead atoms. The van der Waals surface area contributed by atoms with Crippen molar-refractivity contribution in [3.63, 3.8) is 0 Å². The van der Waals surface area contributed by atoms with E-state index in [1.165, 1.54) is 21.9 Å². The smallest absolute Gasteiger partial charge is 0.0294 e. The maximum absolute atomic E-state index is 6.35. The van der Waals surface area contributed by atoms with Gasteiger partial charge in [0.15, 0.2) is 0 Å². The minimum absolute atomic E-state index is 0.125. The van der Waals surface area contributed by atoms with E-state index in [-0.39, 0.29) is 6.04 Å². The number of allylic oxidation sites excluding steroid dienone is 5. The Hall–Kier alpha value is -2.12. The van der Waals surface area contributed by atoms with E-state index in [1.54, 1.807) is 0 Å². The number of nitrogens with two attached hydrogens (primary N) is 1. The van der Waals surface area contributed by atoms with Crippen molar-refractivity contribution in [2.75, 3.05) is 0 Å².